The molecule has 1 aromatic carbocycles. The molecule has 2 heterocycles. The molecule has 160 valence electrons. The Balaban J connectivity index is 1.39. The maximum Gasteiger partial charge on any atom is 0.161 e. The van der Waals surface area contributed by atoms with Crippen molar-refractivity contribution in [2.45, 2.75) is 25.6 Å². The van der Waals surface area contributed by atoms with Gasteiger partial charge in [-0.15, -0.1) is 0 Å². The van der Waals surface area contributed by atoms with Crippen molar-refractivity contribution in [3.63, 3.8) is 0 Å². The van der Waals surface area contributed by atoms with E-state index >= 15 is 0 Å². The first-order valence-corrected chi connectivity index (χ1v) is 11.3. The highest BCUT2D eigenvalue weighted by Crippen LogP contribution is 2.28. The molecule has 0 radical (unpaired) electrons. The van der Waals surface area contributed by atoms with Crippen LogP contribution in [-0.2, 0) is 13.1 Å². The lowest BCUT2D eigenvalue weighted by molar-refractivity contribution is 0.0705. The number of nitrogens with one attached hydrogen (secondary N) is 1. The van der Waals surface area contributed by atoms with Crippen molar-refractivity contribution in [2.75, 3.05) is 51.4 Å². The van der Waals surface area contributed by atoms with Gasteiger partial charge in [0.15, 0.2) is 11.5 Å². The van der Waals surface area contributed by atoms with Crippen LogP contribution < -0.4 is 14.8 Å². The third kappa shape index (κ3) is 7.54. The van der Waals surface area contributed by atoms with Crippen molar-refractivity contribution in [1.82, 2.24) is 19.8 Å². The van der Waals surface area contributed by atoms with Crippen LogP contribution in [0.4, 0.5) is 0 Å². The standard InChI is InChI=1S/C21H32N4O3S/c1-27-21-13-18(14-22-5-2-7-25-8-6-23-17-25)3-4-20(21)28-16-19(26)15-24-9-11-29-12-10-24/h3-4,6,8,13,17,19,22,26H,2,5,7,9-12,14-16H2,1H3/t19-/m0/s1. The molecule has 2 aromatic rings. The quantitative estimate of drug-likeness (QED) is 0.508. The molecule has 2 N–H and O–H groups in total. The van der Waals surface area contributed by atoms with Crippen molar-refractivity contribution >= 4 is 11.8 Å². The Bertz CT molecular complexity index is 708. The molecule has 1 atom stereocenters. The van der Waals surface area contributed by atoms with Gasteiger partial charge in [-0.3, -0.25) is 4.90 Å². The molecule has 1 saturated heterocycles. The lowest BCUT2D eigenvalue weighted by Crippen LogP contribution is -2.40. The lowest BCUT2D eigenvalue weighted by atomic mass is 10.2. The van der Waals surface area contributed by atoms with E-state index in [9.17, 15) is 5.11 Å². The van der Waals surface area contributed by atoms with Gasteiger partial charge < -0.3 is 24.5 Å². The second-order valence-electron chi connectivity index (χ2n) is 7.19. The minimum atomic E-state index is -0.500. The number of aryl methyl sites for hydroxylation is 1. The predicted molar refractivity (Wildman–Crippen MR) is 117 cm³/mol. The Morgan fingerprint density at radius 1 is 1.28 bits per heavy atom. The summed E-state index contributed by atoms with van der Waals surface area (Å²) in [6.07, 6.45) is 6.16. The van der Waals surface area contributed by atoms with Gasteiger partial charge in [0.25, 0.3) is 0 Å². The number of β-amino-alcohol motifs (C(OH)–C–C–N with tert-alkyl or cyclic N) is 1. The highest BCUT2D eigenvalue weighted by atomic mass is 32.2. The molecule has 8 heteroatoms. The molecule has 0 bridgehead atoms. The fourth-order valence-corrected chi connectivity index (χ4v) is 4.28. The Morgan fingerprint density at radius 2 is 2.14 bits per heavy atom. The summed E-state index contributed by atoms with van der Waals surface area (Å²) in [6, 6.07) is 5.95. The zero-order chi connectivity index (χ0) is 20.3. The number of aliphatic hydroxyl groups is 1. The first-order chi connectivity index (χ1) is 14.2. The van der Waals surface area contributed by atoms with Gasteiger partial charge in [-0.05, 0) is 30.7 Å². The highest BCUT2D eigenvalue weighted by Gasteiger charge is 2.16. The summed E-state index contributed by atoms with van der Waals surface area (Å²) in [5.74, 6) is 3.65. The number of rotatable bonds is 12. The van der Waals surface area contributed by atoms with E-state index in [1.165, 1.54) is 0 Å². The van der Waals surface area contributed by atoms with Crippen LogP contribution in [0.2, 0.25) is 0 Å². The van der Waals surface area contributed by atoms with E-state index in [1.807, 2.05) is 42.5 Å². The number of imidazole rings is 1. The summed E-state index contributed by atoms with van der Waals surface area (Å²) in [6.45, 7) is 5.66. The molecular formula is C21H32N4O3S. The molecule has 3 rings (SSSR count). The van der Waals surface area contributed by atoms with E-state index in [-0.39, 0.29) is 6.61 Å². The first-order valence-electron chi connectivity index (χ1n) is 10.2. The number of methoxy groups -OCH3 is 1. The van der Waals surface area contributed by atoms with Gasteiger partial charge in [0.1, 0.15) is 12.7 Å². The van der Waals surface area contributed by atoms with Crippen LogP contribution in [0.1, 0.15) is 12.0 Å². The summed E-state index contributed by atoms with van der Waals surface area (Å²) in [4.78, 5) is 6.34. The predicted octanol–water partition coefficient (Wildman–Crippen LogP) is 1.86. The van der Waals surface area contributed by atoms with Crippen LogP contribution in [0, 0.1) is 0 Å². The Morgan fingerprint density at radius 3 is 2.90 bits per heavy atom. The van der Waals surface area contributed by atoms with Gasteiger partial charge in [-0.2, -0.15) is 11.8 Å². The number of ether oxygens (including phenoxy) is 2. The Hall–Kier alpha value is -1.74. The molecule has 0 spiro atoms. The smallest absolute Gasteiger partial charge is 0.161 e. The van der Waals surface area contributed by atoms with Gasteiger partial charge >= 0.3 is 0 Å². The third-order valence-corrected chi connectivity index (χ3v) is 5.83. The fourth-order valence-electron chi connectivity index (χ4n) is 3.30. The van der Waals surface area contributed by atoms with E-state index < -0.39 is 6.10 Å². The van der Waals surface area contributed by atoms with E-state index in [0.29, 0.717) is 18.0 Å². The molecule has 29 heavy (non-hydrogen) atoms. The molecule has 0 aliphatic carbocycles. The van der Waals surface area contributed by atoms with Gasteiger partial charge in [0, 0.05) is 56.6 Å². The van der Waals surface area contributed by atoms with Crippen molar-refractivity contribution in [1.29, 1.82) is 0 Å². The molecule has 0 unspecified atom stereocenters. The van der Waals surface area contributed by atoms with Gasteiger partial charge in [0.2, 0.25) is 0 Å². The topological polar surface area (TPSA) is 71.8 Å². The average Bonchev–Trinajstić information content (AvgIpc) is 3.26. The second-order valence-corrected chi connectivity index (χ2v) is 8.42. The summed E-state index contributed by atoms with van der Waals surface area (Å²) >= 11 is 1.97. The van der Waals surface area contributed by atoms with Crippen LogP contribution in [0.15, 0.2) is 36.9 Å². The lowest BCUT2D eigenvalue weighted by Gasteiger charge is -2.28. The monoisotopic (exact) mass is 420 g/mol. The minimum Gasteiger partial charge on any atom is -0.493 e. The number of thioether (sulfide) groups is 1. The van der Waals surface area contributed by atoms with Crippen molar-refractivity contribution < 1.29 is 14.6 Å². The molecule has 1 aromatic heterocycles. The number of nitrogens with zero attached hydrogens (tertiary/aromatic N) is 3. The SMILES string of the molecule is COc1cc(CNCCCn2ccnc2)ccc1OC[C@@H](O)CN1CCSCC1. The van der Waals surface area contributed by atoms with Gasteiger partial charge in [-0.25, -0.2) is 4.98 Å². The number of aliphatic hydroxyl groups excluding tert-OH is 1. The Labute approximate surface area is 177 Å². The average molecular weight is 421 g/mol. The van der Waals surface area contributed by atoms with Crippen molar-refractivity contribution in [3.8, 4) is 11.5 Å². The highest BCUT2D eigenvalue weighted by molar-refractivity contribution is 7.99. The largest absolute Gasteiger partial charge is 0.493 e. The van der Waals surface area contributed by atoms with E-state index in [4.69, 9.17) is 9.47 Å². The van der Waals surface area contributed by atoms with Crippen LogP contribution >= 0.6 is 11.8 Å². The molecule has 7 nitrogen and oxygen atoms in total. The second kappa shape index (κ2) is 12.1. The number of aromatic nitrogens is 2. The number of benzene rings is 1. The first kappa shape index (κ1) is 22.0. The van der Waals surface area contributed by atoms with Crippen LogP contribution in [0.3, 0.4) is 0 Å². The van der Waals surface area contributed by atoms with E-state index in [0.717, 1.165) is 56.2 Å². The summed E-state index contributed by atoms with van der Waals surface area (Å²) in [5, 5.41) is 13.7. The Kier molecular flexibility index (Phi) is 9.14. The van der Waals surface area contributed by atoms with Crippen LogP contribution in [0.25, 0.3) is 0 Å². The minimum absolute atomic E-state index is 0.270. The third-order valence-electron chi connectivity index (χ3n) is 4.89. The maximum absolute atomic E-state index is 10.3. The summed E-state index contributed by atoms with van der Waals surface area (Å²) in [5.41, 5.74) is 1.14. The maximum atomic E-state index is 10.3. The molecule has 1 aliphatic heterocycles. The normalized spacial score (nSPS) is 15.9. The number of hydrogen-bond donors (Lipinski definition) is 2. The summed E-state index contributed by atoms with van der Waals surface area (Å²) in [7, 11) is 1.65. The van der Waals surface area contributed by atoms with E-state index in [1.54, 1.807) is 13.3 Å². The molecule has 0 saturated carbocycles. The van der Waals surface area contributed by atoms with Crippen LogP contribution in [0.5, 0.6) is 11.5 Å². The molecular weight excluding hydrogens is 388 g/mol. The van der Waals surface area contributed by atoms with Gasteiger partial charge in [0.05, 0.1) is 13.4 Å². The zero-order valence-electron chi connectivity index (χ0n) is 17.1. The molecule has 0 amide bonds. The van der Waals surface area contributed by atoms with Crippen molar-refractivity contribution in [2.24, 2.45) is 0 Å². The molecule has 1 aliphatic rings. The van der Waals surface area contributed by atoms with Gasteiger partial charge in [-0.1, -0.05) is 6.07 Å². The fraction of sp³-hybridized carbons (Fsp3) is 0.571. The number of hydrogen-bond acceptors (Lipinski definition) is 7. The molecule has 1 fully saturated rings. The van der Waals surface area contributed by atoms with Crippen LogP contribution in [-0.4, -0.2) is 77.1 Å². The summed E-state index contributed by atoms with van der Waals surface area (Å²) < 4.78 is 13.4. The van der Waals surface area contributed by atoms with Crippen molar-refractivity contribution in [3.05, 3.63) is 42.5 Å². The van der Waals surface area contributed by atoms with E-state index in [2.05, 4.69) is 19.8 Å². The zero-order valence-corrected chi connectivity index (χ0v) is 17.9.